The number of imidazole rings is 1. The molecule has 8 rings (SSSR count). The third-order valence-corrected chi connectivity index (χ3v) is 17.6. The molecule has 49 heavy (non-hydrogen) atoms. The molecule has 2 aromatic heterocycles. The van der Waals surface area contributed by atoms with E-state index in [0.717, 1.165) is 49.9 Å². The summed E-state index contributed by atoms with van der Waals surface area (Å²) in [5.41, 5.74) is 11.2. The van der Waals surface area contributed by atoms with Crippen LogP contribution in [0.3, 0.4) is 0 Å². The molecule has 6 aromatic carbocycles. The number of para-hydroxylation sites is 3. The second kappa shape index (κ2) is 12.2. The Morgan fingerprint density at radius 3 is 1.94 bits per heavy atom. The van der Waals surface area contributed by atoms with Gasteiger partial charge in [-0.15, -0.1) is 0 Å². The van der Waals surface area contributed by atoms with Gasteiger partial charge in [0.15, 0.2) is 0 Å². The maximum atomic E-state index is 6.81. The number of rotatable bonds is 7. The van der Waals surface area contributed by atoms with Crippen LogP contribution >= 0.6 is 0 Å². The van der Waals surface area contributed by atoms with E-state index in [1.165, 1.54) is 31.2 Å². The van der Waals surface area contributed by atoms with Crippen LogP contribution < -0.4 is 8.79 Å². The van der Waals surface area contributed by atoms with E-state index in [0.29, 0.717) is 11.8 Å². The van der Waals surface area contributed by atoms with Crippen molar-refractivity contribution in [3.05, 3.63) is 145 Å². The van der Waals surface area contributed by atoms with E-state index in [-0.39, 0.29) is 0 Å². The third-order valence-electron chi connectivity index (χ3n) is 10.3. The van der Waals surface area contributed by atoms with Crippen molar-refractivity contribution in [2.75, 3.05) is 0 Å². The van der Waals surface area contributed by atoms with Crippen LogP contribution in [0.15, 0.2) is 138 Å². The van der Waals surface area contributed by atoms with Crippen molar-refractivity contribution in [2.24, 2.45) is 0 Å². The minimum absolute atomic E-state index is 0.314. The molecule has 0 unspecified atom stereocenters. The van der Waals surface area contributed by atoms with Gasteiger partial charge in [-0.25, -0.2) is 0 Å². The fourth-order valence-corrected chi connectivity index (χ4v) is 12.4. The summed E-state index contributed by atoms with van der Waals surface area (Å²) >= 11 is -2.61. The Morgan fingerprint density at radius 1 is 0.592 bits per heavy atom. The second-order valence-electron chi connectivity index (χ2n) is 14.4. The van der Waals surface area contributed by atoms with Crippen molar-refractivity contribution in [3.8, 4) is 28.2 Å². The summed E-state index contributed by atoms with van der Waals surface area (Å²) in [6.07, 6.45) is 0. The van der Waals surface area contributed by atoms with Crippen molar-refractivity contribution in [3.63, 3.8) is 0 Å². The molecular formula is C45H42GeN2O. The first-order valence-electron chi connectivity index (χ1n) is 17.4. The molecule has 0 amide bonds. The Bertz CT molecular complexity index is 2440. The van der Waals surface area contributed by atoms with Gasteiger partial charge in [0.1, 0.15) is 0 Å². The van der Waals surface area contributed by atoms with Crippen LogP contribution in [0.25, 0.3) is 61.2 Å². The second-order valence-corrected chi connectivity index (χ2v) is 23.7. The standard InChI is InChI=1S/C45H42GeN2O/c1-29(2)38-27-34(46(5,6)33-18-11-8-12-19-33)28-39(30(3)4)43(38)48-41-23-14-13-22-40(41)47-45(48)37-21-15-20-36-35-25-24-32(26-42(35)49-44(36)37)31-16-9-7-10-17-31/h7-30H,1-6H3. The summed E-state index contributed by atoms with van der Waals surface area (Å²) < 4.78 is 12.3. The van der Waals surface area contributed by atoms with Crippen LogP contribution in [-0.4, -0.2) is 22.8 Å². The first kappa shape index (κ1) is 31.4. The van der Waals surface area contributed by atoms with E-state index in [1.807, 2.05) is 0 Å². The van der Waals surface area contributed by atoms with Gasteiger partial charge in [-0.2, -0.15) is 0 Å². The summed E-state index contributed by atoms with van der Waals surface area (Å²) in [5, 5.41) is 2.22. The van der Waals surface area contributed by atoms with Crippen molar-refractivity contribution in [1.82, 2.24) is 9.55 Å². The zero-order valence-corrected chi connectivity index (χ0v) is 31.3. The fraction of sp³-hybridized carbons (Fsp3) is 0.178. The molecule has 3 nitrogen and oxygen atoms in total. The molecule has 0 spiro atoms. The Balaban J connectivity index is 1.40. The molecule has 8 aromatic rings. The van der Waals surface area contributed by atoms with Crippen LogP contribution in [-0.2, 0) is 0 Å². The Hall–Kier alpha value is -4.87. The third kappa shape index (κ3) is 5.32. The van der Waals surface area contributed by atoms with Crippen LogP contribution in [0.5, 0.6) is 0 Å². The van der Waals surface area contributed by atoms with Crippen LogP contribution in [0.1, 0.15) is 50.7 Å². The first-order chi connectivity index (χ1) is 23.7. The van der Waals surface area contributed by atoms with Crippen molar-refractivity contribution in [1.29, 1.82) is 0 Å². The summed E-state index contributed by atoms with van der Waals surface area (Å²) in [5.74, 6) is 6.60. The summed E-state index contributed by atoms with van der Waals surface area (Å²) in [4.78, 5) is 5.38. The SMILES string of the molecule is CC(C)c1c[c]([Ge]([CH3])([CH3])[c]2ccccc2)cc(C(C)C)c1-n1c(-c2cccc3c2oc2cc(-c4ccccc4)ccc23)nc2ccccc21. The van der Waals surface area contributed by atoms with E-state index in [4.69, 9.17) is 9.40 Å². The van der Waals surface area contributed by atoms with Crippen LogP contribution in [0.2, 0.25) is 11.5 Å². The molecule has 0 radical (unpaired) electrons. The molecule has 0 aliphatic carbocycles. The van der Waals surface area contributed by atoms with Gasteiger partial charge >= 0.3 is 257 Å². The molecule has 0 saturated heterocycles. The zero-order valence-electron chi connectivity index (χ0n) is 29.2. The Morgan fingerprint density at radius 2 is 1.24 bits per heavy atom. The van der Waals surface area contributed by atoms with Gasteiger partial charge in [-0.1, -0.05) is 30.3 Å². The average Bonchev–Trinajstić information content (AvgIpc) is 3.70. The van der Waals surface area contributed by atoms with Gasteiger partial charge in [0.2, 0.25) is 0 Å². The molecular weight excluding hydrogens is 657 g/mol. The number of benzene rings is 6. The molecule has 0 saturated carbocycles. The fourth-order valence-electron chi connectivity index (χ4n) is 7.42. The molecule has 0 fully saturated rings. The van der Waals surface area contributed by atoms with Gasteiger partial charge in [-0.05, 0) is 5.56 Å². The molecule has 0 bridgehead atoms. The van der Waals surface area contributed by atoms with Crippen LogP contribution in [0, 0.1) is 0 Å². The Kier molecular flexibility index (Phi) is 7.84. The maximum absolute atomic E-state index is 6.81. The molecule has 0 atom stereocenters. The topological polar surface area (TPSA) is 31.0 Å². The number of hydrogen-bond acceptors (Lipinski definition) is 2. The number of furan rings is 1. The normalized spacial score (nSPS) is 12.2. The van der Waals surface area contributed by atoms with E-state index in [9.17, 15) is 0 Å². The van der Waals surface area contributed by atoms with Crippen molar-refractivity contribution >= 4 is 55.0 Å². The average molecular weight is 699 g/mol. The van der Waals surface area contributed by atoms with Crippen molar-refractivity contribution in [2.45, 2.75) is 51.0 Å². The minimum atomic E-state index is -2.61. The zero-order chi connectivity index (χ0) is 33.9. The molecule has 242 valence electrons. The molecule has 2 heterocycles. The summed E-state index contributed by atoms with van der Waals surface area (Å²) in [6, 6.07) is 48.3. The van der Waals surface area contributed by atoms with Gasteiger partial charge in [0.25, 0.3) is 0 Å². The quantitative estimate of drug-likeness (QED) is 0.155. The summed E-state index contributed by atoms with van der Waals surface area (Å²) in [7, 11) is 0. The summed E-state index contributed by atoms with van der Waals surface area (Å²) in [6.45, 7) is 9.33. The van der Waals surface area contributed by atoms with Gasteiger partial charge in [0, 0.05) is 0 Å². The molecule has 0 aliphatic rings. The van der Waals surface area contributed by atoms with Gasteiger partial charge in [0.05, 0.1) is 0 Å². The molecule has 0 N–H and O–H groups in total. The number of nitrogens with zero attached hydrogens (tertiary/aromatic N) is 2. The number of hydrogen-bond donors (Lipinski definition) is 0. The number of fused-ring (bicyclic) bond motifs is 4. The van der Waals surface area contributed by atoms with E-state index >= 15 is 0 Å². The van der Waals surface area contributed by atoms with E-state index in [1.54, 1.807) is 0 Å². The van der Waals surface area contributed by atoms with Gasteiger partial charge < -0.3 is 0 Å². The predicted molar refractivity (Wildman–Crippen MR) is 211 cm³/mol. The van der Waals surface area contributed by atoms with Crippen LogP contribution in [0.4, 0.5) is 0 Å². The number of aromatic nitrogens is 2. The van der Waals surface area contributed by atoms with E-state index < -0.39 is 13.3 Å². The predicted octanol–water partition coefficient (Wildman–Crippen LogP) is 11.3. The monoisotopic (exact) mass is 700 g/mol. The molecule has 4 heteroatoms. The van der Waals surface area contributed by atoms with Gasteiger partial charge in [-0.3, -0.25) is 0 Å². The first-order valence-corrected chi connectivity index (χ1v) is 23.7. The molecule has 0 aliphatic heterocycles. The van der Waals surface area contributed by atoms with Crippen molar-refractivity contribution < 1.29 is 4.42 Å². The van der Waals surface area contributed by atoms with E-state index in [2.05, 4.69) is 177 Å². The Labute approximate surface area is 291 Å².